The molecule has 2 rings (SSSR count). The van der Waals surface area contributed by atoms with E-state index in [1.54, 1.807) is 24.4 Å². The van der Waals surface area contributed by atoms with Crippen LogP contribution in [0.3, 0.4) is 0 Å². The molecule has 0 bridgehead atoms. The van der Waals surface area contributed by atoms with Crippen LogP contribution < -0.4 is 21.3 Å². The van der Waals surface area contributed by atoms with E-state index < -0.39 is 42.8 Å². The first-order valence-electron chi connectivity index (χ1n) is 8.90. The largest absolute Gasteiger partial charge is 0.481 e. The van der Waals surface area contributed by atoms with Crippen LogP contribution in [0.15, 0.2) is 36.7 Å². The lowest BCUT2D eigenvalue weighted by Crippen LogP contribution is -2.42. The highest BCUT2D eigenvalue weighted by Crippen LogP contribution is 2.02. The number of rotatable bonds is 9. The Bertz CT molecular complexity index is 991. The molecule has 0 aliphatic rings. The van der Waals surface area contributed by atoms with Crippen LogP contribution in [0.4, 0.5) is 10.6 Å². The number of pyridine rings is 1. The van der Waals surface area contributed by atoms with Gasteiger partial charge < -0.3 is 21.1 Å². The van der Waals surface area contributed by atoms with Crippen molar-refractivity contribution in [2.75, 3.05) is 11.9 Å². The monoisotopic (exact) mass is 425 g/mol. The van der Waals surface area contributed by atoms with E-state index in [0.717, 1.165) is 0 Å². The fraction of sp³-hybridized carbons (Fsp3) is 0.211. The van der Waals surface area contributed by atoms with Crippen molar-refractivity contribution in [3.05, 3.63) is 48.2 Å². The average Bonchev–Trinajstić information content (AvgIpc) is 2.76. The zero-order valence-corrected chi connectivity index (χ0v) is 16.2. The predicted octanol–water partition coefficient (Wildman–Crippen LogP) is -0.484. The van der Waals surface area contributed by atoms with Gasteiger partial charge in [-0.05, 0) is 18.2 Å². The van der Waals surface area contributed by atoms with Crippen LogP contribution in [-0.2, 0) is 16.1 Å². The third-order valence-electron chi connectivity index (χ3n) is 3.58. The van der Waals surface area contributed by atoms with Crippen LogP contribution in [0.1, 0.15) is 22.7 Å². The van der Waals surface area contributed by atoms with Gasteiger partial charge in [0, 0.05) is 12.4 Å². The second-order valence-electron chi connectivity index (χ2n) is 5.96. The molecule has 2 aromatic heterocycles. The number of carboxylic acid groups (broad SMARTS) is 1. The van der Waals surface area contributed by atoms with Gasteiger partial charge in [-0.3, -0.25) is 24.7 Å². The summed E-state index contributed by atoms with van der Waals surface area (Å²) in [5.74, 6) is -0.713. The van der Waals surface area contributed by atoms with Crippen LogP contribution in [0.5, 0.6) is 0 Å². The number of carbonyl (C=O) groups is 4. The van der Waals surface area contributed by atoms with E-state index in [-0.39, 0.29) is 18.2 Å². The zero-order valence-electron chi connectivity index (χ0n) is 16.2. The number of hydrogen-bond acceptors (Lipinski definition) is 7. The summed E-state index contributed by atoms with van der Waals surface area (Å²) < 4.78 is 0. The van der Waals surface area contributed by atoms with Crippen molar-refractivity contribution in [2.45, 2.75) is 19.0 Å². The third kappa shape index (κ3) is 8.16. The van der Waals surface area contributed by atoms with E-state index in [1.165, 1.54) is 12.3 Å². The molecule has 12 heteroatoms. The minimum absolute atomic E-state index is 0.0666. The van der Waals surface area contributed by atoms with Gasteiger partial charge in [0.25, 0.3) is 5.91 Å². The molecule has 0 aliphatic heterocycles. The highest BCUT2D eigenvalue weighted by molar-refractivity contribution is 5.94. The number of anilines is 1. The molecule has 0 radical (unpaired) electrons. The second kappa shape index (κ2) is 11.5. The number of aromatic nitrogens is 3. The van der Waals surface area contributed by atoms with Gasteiger partial charge in [0.1, 0.15) is 11.9 Å². The minimum atomic E-state index is -1.17. The maximum absolute atomic E-state index is 12.1. The number of nitrogens with zero attached hydrogens (tertiary/aromatic N) is 3. The molecule has 0 aliphatic carbocycles. The summed E-state index contributed by atoms with van der Waals surface area (Å²) in [6, 6.07) is 5.11. The maximum Gasteiger partial charge on any atom is 0.320 e. The predicted molar refractivity (Wildman–Crippen MR) is 107 cm³/mol. The molecular weight excluding hydrogens is 406 g/mol. The van der Waals surface area contributed by atoms with Crippen molar-refractivity contribution in [1.82, 2.24) is 30.9 Å². The van der Waals surface area contributed by atoms with Gasteiger partial charge in [-0.2, -0.15) is 0 Å². The van der Waals surface area contributed by atoms with Crippen molar-refractivity contribution in [3.8, 4) is 12.3 Å². The van der Waals surface area contributed by atoms with E-state index in [0.29, 0.717) is 5.69 Å². The molecule has 160 valence electrons. The molecule has 12 nitrogen and oxygen atoms in total. The summed E-state index contributed by atoms with van der Waals surface area (Å²) in [5.41, 5.74) is 0.661. The van der Waals surface area contributed by atoms with Crippen molar-refractivity contribution in [2.24, 2.45) is 0 Å². The lowest BCUT2D eigenvalue weighted by molar-refractivity contribution is -0.137. The van der Waals surface area contributed by atoms with Crippen molar-refractivity contribution >= 4 is 29.6 Å². The van der Waals surface area contributed by atoms with E-state index in [2.05, 4.69) is 42.1 Å². The minimum Gasteiger partial charge on any atom is -0.481 e. The van der Waals surface area contributed by atoms with E-state index in [1.807, 2.05) is 0 Å². The number of aliphatic carboxylic acids is 1. The van der Waals surface area contributed by atoms with Crippen LogP contribution >= 0.6 is 0 Å². The third-order valence-corrected chi connectivity index (χ3v) is 3.58. The van der Waals surface area contributed by atoms with Gasteiger partial charge in [0.2, 0.25) is 11.7 Å². The van der Waals surface area contributed by atoms with Gasteiger partial charge in [-0.15, -0.1) is 6.42 Å². The van der Waals surface area contributed by atoms with Gasteiger partial charge >= 0.3 is 12.0 Å². The lowest BCUT2D eigenvalue weighted by Gasteiger charge is -2.11. The smallest absolute Gasteiger partial charge is 0.320 e. The molecule has 5 N–H and O–H groups in total. The summed E-state index contributed by atoms with van der Waals surface area (Å²) in [5, 5.41) is 18.3. The van der Waals surface area contributed by atoms with Crippen LogP contribution in [0.25, 0.3) is 0 Å². The normalized spacial score (nSPS) is 10.8. The number of terminal acetylenes is 1. The van der Waals surface area contributed by atoms with E-state index in [9.17, 15) is 19.2 Å². The maximum atomic E-state index is 12.1. The number of urea groups is 1. The van der Waals surface area contributed by atoms with E-state index >= 15 is 0 Å². The number of carbonyl (C=O) groups excluding carboxylic acids is 3. The summed E-state index contributed by atoms with van der Waals surface area (Å²) >= 11 is 0. The Labute approximate surface area is 176 Å². The Morgan fingerprint density at radius 3 is 2.58 bits per heavy atom. The van der Waals surface area contributed by atoms with Gasteiger partial charge in [-0.25, -0.2) is 14.8 Å². The SMILES string of the molecule is C#CC(CC(=O)O)NC(=O)CNC(=O)c1nccc(NC(=O)NCc2ccccn2)n1. The molecule has 2 heterocycles. The Balaban J connectivity index is 1.84. The lowest BCUT2D eigenvalue weighted by atomic mass is 10.2. The summed E-state index contributed by atoms with van der Waals surface area (Å²) in [4.78, 5) is 58.3. The Morgan fingerprint density at radius 1 is 1.10 bits per heavy atom. The quantitative estimate of drug-likeness (QED) is 0.335. The highest BCUT2D eigenvalue weighted by Gasteiger charge is 2.16. The Hall–Kier alpha value is -4.53. The summed E-state index contributed by atoms with van der Waals surface area (Å²) in [6.07, 6.45) is 7.56. The molecule has 1 unspecified atom stereocenters. The zero-order chi connectivity index (χ0) is 22.6. The standard InChI is InChI=1S/C19H19N7O5/c1-2-12(9-16(28)29)24-15(27)11-22-18(30)17-21-8-6-14(25-17)26-19(31)23-10-13-5-3-4-7-20-13/h1,3-8,12H,9-11H2,(H,22,30)(H,24,27)(H,28,29)(H2,21,23,25,26,31). The number of amides is 4. The van der Waals surface area contributed by atoms with Gasteiger partial charge in [0.05, 0.1) is 25.2 Å². The topological polar surface area (TPSA) is 175 Å². The molecular formula is C19H19N7O5. The Kier molecular flexibility index (Phi) is 8.42. The molecule has 0 aromatic carbocycles. The van der Waals surface area contributed by atoms with Crippen molar-refractivity contribution in [3.63, 3.8) is 0 Å². The van der Waals surface area contributed by atoms with Crippen LogP contribution in [-0.4, -0.2) is 56.5 Å². The van der Waals surface area contributed by atoms with Crippen molar-refractivity contribution < 1.29 is 24.3 Å². The van der Waals surface area contributed by atoms with Crippen molar-refractivity contribution in [1.29, 1.82) is 0 Å². The molecule has 0 saturated carbocycles. The number of carboxylic acids is 1. The highest BCUT2D eigenvalue weighted by atomic mass is 16.4. The fourth-order valence-corrected chi connectivity index (χ4v) is 2.18. The molecule has 1 atom stereocenters. The number of hydrogen-bond donors (Lipinski definition) is 5. The number of nitrogens with one attached hydrogen (secondary N) is 4. The first-order chi connectivity index (χ1) is 14.9. The molecule has 2 aromatic rings. The molecule has 31 heavy (non-hydrogen) atoms. The van der Waals surface area contributed by atoms with Crippen LogP contribution in [0, 0.1) is 12.3 Å². The average molecular weight is 425 g/mol. The molecule has 0 spiro atoms. The first-order valence-corrected chi connectivity index (χ1v) is 8.90. The summed E-state index contributed by atoms with van der Waals surface area (Å²) in [6.45, 7) is -0.275. The fourth-order valence-electron chi connectivity index (χ4n) is 2.18. The van der Waals surface area contributed by atoms with E-state index in [4.69, 9.17) is 11.5 Å². The van der Waals surface area contributed by atoms with Gasteiger partial charge in [-0.1, -0.05) is 12.0 Å². The van der Waals surface area contributed by atoms with Gasteiger partial charge in [0.15, 0.2) is 0 Å². The molecule has 0 saturated heterocycles. The molecule has 4 amide bonds. The second-order valence-corrected chi connectivity index (χ2v) is 5.96. The molecule has 0 fully saturated rings. The summed E-state index contributed by atoms with van der Waals surface area (Å²) in [7, 11) is 0. The first kappa shape index (κ1) is 22.8. The van der Waals surface area contributed by atoms with Crippen LogP contribution in [0.2, 0.25) is 0 Å². The Morgan fingerprint density at radius 2 is 1.90 bits per heavy atom.